The Morgan fingerprint density at radius 2 is 2.09 bits per heavy atom. The predicted octanol–water partition coefficient (Wildman–Crippen LogP) is 2.01. The zero-order chi connectivity index (χ0) is 15.7. The van der Waals surface area contributed by atoms with E-state index in [1.807, 2.05) is 25.5 Å². The van der Waals surface area contributed by atoms with Crippen molar-refractivity contribution in [2.45, 2.75) is 46.9 Å². The first kappa shape index (κ1) is 15.2. The maximum absolute atomic E-state index is 5.91. The first-order valence-electron chi connectivity index (χ1n) is 7.79. The third kappa shape index (κ3) is 3.23. The van der Waals surface area contributed by atoms with E-state index in [0.717, 1.165) is 49.9 Å². The molecule has 1 atom stereocenters. The summed E-state index contributed by atoms with van der Waals surface area (Å²) in [6.45, 7) is 12.4. The molecule has 0 unspecified atom stereocenters. The SMILES string of the molecule is Cc1cc(C)n(C[C@H]2CN(Cc3c(C)noc3C)CCO2)n1. The second-order valence-electron chi connectivity index (χ2n) is 6.14. The Bertz CT molecular complexity index is 627. The van der Waals surface area contributed by atoms with Gasteiger partial charge in [0.2, 0.25) is 0 Å². The van der Waals surface area contributed by atoms with Gasteiger partial charge in [0.1, 0.15) is 5.76 Å². The van der Waals surface area contributed by atoms with Crippen LogP contribution in [0.2, 0.25) is 0 Å². The quantitative estimate of drug-likeness (QED) is 0.865. The fourth-order valence-electron chi connectivity index (χ4n) is 3.04. The lowest BCUT2D eigenvalue weighted by atomic mass is 10.1. The van der Waals surface area contributed by atoms with Gasteiger partial charge in [-0.25, -0.2) is 0 Å². The molecule has 0 amide bonds. The van der Waals surface area contributed by atoms with Gasteiger partial charge >= 0.3 is 0 Å². The van der Waals surface area contributed by atoms with Crippen LogP contribution in [0.4, 0.5) is 0 Å². The van der Waals surface area contributed by atoms with Gasteiger partial charge < -0.3 is 9.26 Å². The maximum atomic E-state index is 5.91. The molecule has 1 fully saturated rings. The van der Waals surface area contributed by atoms with Gasteiger partial charge in [0, 0.05) is 30.9 Å². The van der Waals surface area contributed by atoms with Gasteiger partial charge in [-0.1, -0.05) is 5.16 Å². The molecule has 0 radical (unpaired) electrons. The molecule has 2 aromatic rings. The second kappa shape index (κ2) is 6.22. The monoisotopic (exact) mass is 304 g/mol. The molecular weight excluding hydrogens is 280 g/mol. The summed E-state index contributed by atoms with van der Waals surface area (Å²) in [5.74, 6) is 0.916. The van der Waals surface area contributed by atoms with Crippen LogP contribution in [0.1, 0.15) is 28.4 Å². The molecule has 6 heteroatoms. The Kier molecular flexibility index (Phi) is 4.31. The Labute approximate surface area is 131 Å². The molecular formula is C16H24N4O2. The number of nitrogens with zero attached hydrogens (tertiary/aromatic N) is 4. The molecule has 0 bridgehead atoms. The number of aryl methyl sites for hydroxylation is 4. The predicted molar refractivity (Wildman–Crippen MR) is 82.7 cm³/mol. The van der Waals surface area contributed by atoms with Crippen molar-refractivity contribution in [3.8, 4) is 0 Å². The molecule has 0 N–H and O–H groups in total. The van der Waals surface area contributed by atoms with Crippen LogP contribution in [0, 0.1) is 27.7 Å². The summed E-state index contributed by atoms with van der Waals surface area (Å²) < 4.78 is 13.2. The van der Waals surface area contributed by atoms with E-state index >= 15 is 0 Å². The van der Waals surface area contributed by atoms with E-state index in [0.29, 0.717) is 0 Å². The van der Waals surface area contributed by atoms with Crippen LogP contribution in [0.15, 0.2) is 10.6 Å². The summed E-state index contributed by atoms with van der Waals surface area (Å²) in [6, 6.07) is 2.10. The summed E-state index contributed by atoms with van der Waals surface area (Å²) in [6.07, 6.45) is 0.173. The fourth-order valence-corrected chi connectivity index (χ4v) is 3.04. The lowest BCUT2D eigenvalue weighted by Crippen LogP contribution is -2.44. The van der Waals surface area contributed by atoms with E-state index in [1.54, 1.807) is 0 Å². The van der Waals surface area contributed by atoms with E-state index in [2.05, 4.69) is 28.1 Å². The summed E-state index contributed by atoms with van der Waals surface area (Å²) in [4.78, 5) is 2.41. The number of hydrogen-bond donors (Lipinski definition) is 0. The molecule has 0 aliphatic carbocycles. The minimum atomic E-state index is 0.173. The van der Waals surface area contributed by atoms with Crippen LogP contribution >= 0.6 is 0 Å². The van der Waals surface area contributed by atoms with E-state index in [9.17, 15) is 0 Å². The molecule has 0 aromatic carbocycles. The molecule has 0 saturated carbocycles. The zero-order valence-electron chi connectivity index (χ0n) is 13.8. The van der Waals surface area contributed by atoms with Gasteiger partial charge in [-0.05, 0) is 33.8 Å². The van der Waals surface area contributed by atoms with Crippen LogP contribution in [-0.2, 0) is 17.8 Å². The van der Waals surface area contributed by atoms with Crippen molar-refractivity contribution in [1.29, 1.82) is 0 Å². The maximum Gasteiger partial charge on any atom is 0.138 e. The topological polar surface area (TPSA) is 56.3 Å². The largest absolute Gasteiger partial charge is 0.374 e. The third-order valence-electron chi connectivity index (χ3n) is 4.27. The van der Waals surface area contributed by atoms with Crippen LogP contribution in [-0.4, -0.2) is 45.6 Å². The Balaban J connectivity index is 1.63. The highest BCUT2D eigenvalue weighted by Crippen LogP contribution is 2.18. The minimum Gasteiger partial charge on any atom is -0.374 e. The highest BCUT2D eigenvalue weighted by atomic mass is 16.5. The molecule has 1 aliphatic heterocycles. The van der Waals surface area contributed by atoms with Crippen molar-refractivity contribution < 1.29 is 9.26 Å². The van der Waals surface area contributed by atoms with E-state index in [-0.39, 0.29) is 6.10 Å². The standard InChI is InChI=1S/C16H24N4O2/c1-11-7-12(2)20(17-11)9-15-8-19(5-6-21-15)10-16-13(3)18-22-14(16)4/h7,15H,5-6,8-10H2,1-4H3/t15-/m1/s1. The van der Waals surface area contributed by atoms with E-state index < -0.39 is 0 Å². The van der Waals surface area contributed by atoms with Crippen molar-refractivity contribution in [2.24, 2.45) is 0 Å². The zero-order valence-corrected chi connectivity index (χ0v) is 13.8. The van der Waals surface area contributed by atoms with Crippen LogP contribution < -0.4 is 0 Å². The minimum absolute atomic E-state index is 0.173. The molecule has 22 heavy (non-hydrogen) atoms. The van der Waals surface area contributed by atoms with E-state index in [1.165, 1.54) is 11.3 Å². The first-order chi connectivity index (χ1) is 10.5. The Hall–Kier alpha value is -1.66. The van der Waals surface area contributed by atoms with E-state index in [4.69, 9.17) is 9.26 Å². The van der Waals surface area contributed by atoms with Gasteiger partial charge in [0.15, 0.2) is 0 Å². The molecule has 120 valence electrons. The number of ether oxygens (including phenoxy) is 1. The molecule has 3 heterocycles. The molecule has 2 aromatic heterocycles. The summed E-state index contributed by atoms with van der Waals surface area (Å²) in [7, 11) is 0. The van der Waals surface area contributed by atoms with Crippen LogP contribution in [0.3, 0.4) is 0 Å². The van der Waals surface area contributed by atoms with Gasteiger partial charge in [0.25, 0.3) is 0 Å². The van der Waals surface area contributed by atoms with Gasteiger partial charge in [-0.3, -0.25) is 9.58 Å². The highest BCUT2D eigenvalue weighted by molar-refractivity contribution is 5.20. The first-order valence-corrected chi connectivity index (χ1v) is 7.79. The molecule has 1 aliphatic rings. The summed E-state index contributed by atoms with van der Waals surface area (Å²) in [5, 5.41) is 8.56. The van der Waals surface area contributed by atoms with Gasteiger partial charge in [-0.2, -0.15) is 5.10 Å². The molecule has 3 rings (SSSR count). The second-order valence-corrected chi connectivity index (χ2v) is 6.14. The lowest BCUT2D eigenvalue weighted by molar-refractivity contribution is -0.0406. The van der Waals surface area contributed by atoms with Gasteiger partial charge in [0.05, 0.1) is 30.6 Å². The van der Waals surface area contributed by atoms with Crippen LogP contribution in [0.25, 0.3) is 0 Å². The molecule has 6 nitrogen and oxygen atoms in total. The average molecular weight is 304 g/mol. The van der Waals surface area contributed by atoms with Crippen molar-refractivity contribution in [2.75, 3.05) is 19.7 Å². The third-order valence-corrected chi connectivity index (χ3v) is 4.27. The number of rotatable bonds is 4. The molecule has 1 saturated heterocycles. The Morgan fingerprint density at radius 1 is 1.27 bits per heavy atom. The Morgan fingerprint density at radius 3 is 2.73 bits per heavy atom. The average Bonchev–Trinajstić information content (AvgIpc) is 2.95. The highest BCUT2D eigenvalue weighted by Gasteiger charge is 2.23. The van der Waals surface area contributed by atoms with Crippen molar-refractivity contribution >= 4 is 0 Å². The number of aromatic nitrogens is 3. The molecule has 0 spiro atoms. The van der Waals surface area contributed by atoms with Crippen molar-refractivity contribution in [3.05, 3.63) is 34.5 Å². The summed E-state index contributed by atoms with van der Waals surface area (Å²) in [5.41, 5.74) is 4.43. The van der Waals surface area contributed by atoms with Crippen molar-refractivity contribution in [1.82, 2.24) is 19.8 Å². The van der Waals surface area contributed by atoms with Crippen molar-refractivity contribution in [3.63, 3.8) is 0 Å². The van der Waals surface area contributed by atoms with Crippen LogP contribution in [0.5, 0.6) is 0 Å². The number of hydrogen-bond acceptors (Lipinski definition) is 5. The lowest BCUT2D eigenvalue weighted by Gasteiger charge is -2.33. The van der Waals surface area contributed by atoms with Gasteiger partial charge in [-0.15, -0.1) is 0 Å². The number of morpholine rings is 1. The fraction of sp³-hybridized carbons (Fsp3) is 0.625. The normalized spacial score (nSPS) is 19.7. The summed E-state index contributed by atoms with van der Waals surface area (Å²) >= 11 is 0. The smallest absolute Gasteiger partial charge is 0.138 e.